The molecule has 0 atom stereocenters. The van der Waals surface area contributed by atoms with Gasteiger partial charge in [-0.3, -0.25) is 0 Å². The van der Waals surface area contributed by atoms with Crippen LogP contribution in [-0.2, 0) is 12.7 Å². The fourth-order valence-electron chi connectivity index (χ4n) is 2.27. The third-order valence-corrected chi connectivity index (χ3v) is 3.29. The second kappa shape index (κ2) is 5.67. The van der Waals surface area contributed by atoms with Gasteiger partial charge < -0.3 is 4.57 Å². The van der Waals surface area contributed by atoms with Crippen molar-refractivity contribution in [1.82, 2.24) is 9.55 Å². The molecule has 0 bridgehead atoms. The Kier molecular flexibility index (Phi) is 3.71. The molecule has 0 fully saturated rings. The fourth-order valence-corrected chi connectivity index (χ4v) is 2.27. The van der Waals surface area contributed by atoms with Crippen molar-refractivity contribution >= 4 is 0 Å². The molecular formula is C17H13F3N2. The minimum atomic E-state index is -4.45. The molecule has 0 aliphatic rings. The van der Waals surface area contributed by atoms with Crippen LogP contribution < -0.4 is 0 Å². The summed E-state index contributed by atoms with van der Waals surface area (Å²) in [5, 5.41) is 0. The third-order valence-electron chi connectivity index (χ3n) is 3.29. The maximum absolute atomic E-state index is 13.0. The van der Waals surface area contributed by atoms with Crippen LogP contribution in [0.1, 0.15) is 11.3 Å². The minimum absolute atomic E-state index is 0.316. The highest BCUT2D eigenvalue weighted by Crippen LogP contribution is 2.31. The molecule has 0 N–H and O–H groups in total. The average molecular weight is 302 g/mol. The number of hydrogen-bond acceptors (Lipinski definition) is 1. The Morgan fingerprint density at radius 1 is 0.864 bits per heavy atom. The van der Waals surface area contributed by atoms with E-state index >= 15 is 0 Å². The Morgan fingerprint density at radius 3 is 2.05 bits per heavy atom. The molecule has 0 amide bonds. The van der Waals surface area contributed by atoms with E-state index in [1.54, 1.807) is 24.3 Å². The second-order valence-electron chi connectivity index (χ2n) is 4.93. The summed E-state index contributed by atoms with van der Waals surface area (Å²) in [5.74, 6) is 0.316. The van der Waals surface area contributed by atoms with E-state index < -0.39 is 11.9 Å². The largest absolute Gasteiger partial charge is 0.434 e. The van der Waals surface area contributed by atoms with Crippen molar-refractivity contribution in [3.63, 3.8) is 0 Å². The predicted molar refractivity (Wildman–Crippen MR) is 78.2 cm³/mol. The standard InChI is InChI=1S/C17H13F3N2/c18-17(19,20)15-12-22(11-13-7-3-1-4-8-13)16(21-15)14-9-5-2-6-10-14/h1-10,12H,11H2. The zero-order chi connectivity index (χ0) is 15.6. The molecule has 5 heteroatoms. The number of alkyl halides is 3. The molecule has 112 valence electrons. The highest BCUT2D eigenvalue weighted by atomic mass is 19.4. The molecule has 3 aromatic rings. The van der Waals surface area contributed by atoms with Gasteiger partial charge in [0.15, 0.2) is 5.69 Å². The third kappa shape index (κ3) is 3.03. The molecule has 0 spiro atoms. The average Bonchev–Trinajstić information content (AvgIpc) is 2.93. The van der Waals surface area contributed by atoms with E-state index in [1.165, 1.54) is 4.57 Å². The SMILES string of the molecule is FC(F)(F)c1cn(Cc2ccccc2)c(-c2ccccc2)n1. The van der Waals surface area contributed by atoms with E-state index in [9.17, 15) is 13.2 Å². The summed E-state index contributed by atoms with van der Waals surface area (Å²) in [4.78, 5) is 3.79. The number of halogens is 3. The van der Waals surface area contributed by atoms with E-state index in [2.05, 4.69) is 4.98 Å². The van der Waals surface area contributed by atoms with Crippen molar-refractivity contribution in [2.24, 2.45) is 0 Å². The van der Waals surface area contributed by atoms with Crippen LogP contribution in [-0.4, -0.2) is 9.55 Å². The molecule has 0 saturated carbocycles. The summed E-state index contributed by atoms with van der Waals surface area (Å²) in [6, 6.07) is 18.2. The van der Waals surface area contributed by atoms with E-state index in [0.717, 1.165) is 11.8 Å². The van der Waals surface area contributed by atoms with Crippen LogP contribution in [0.4, 0.5) is 13.2 Å². The first-order valence-electron chi connectivity index (χ1n) is 6.78. The van der Waals surface area contributed by atoms with Gasteiger partial charge >= 0.3 is 6.18 Å². The minimum Gasteiger partial charge on any atom is -0.326 e. The van der Waals surface area contributed by atoms with E-state index in [0.29, 0.717) is 17.9 Å². The predicted octanol–water partition coefficient (Wildman–Crippen LogP) is 4.62. The Hall–Kier alpha value is -2.56. The first-order chi connectivity index (χ1) is 10.5. The lowest BCUT2D eigenvalue weighted by molar-refractivity contribution is -0.140. The lowest BCUT2D eigenvalue weighted by Gasteiger charge is -2.07. The highest BCUT2D eigenvalue weighted by Gasteiger charge is 2.34. The molecule has 0 aliphatic heterocycles. The zero-order valence-electron chi connectivity index (χ0n) is 11.6. The van der Waals surface area contributed by atoms with Crippen LogP contribution in [0.3, 0.4) is 0 Å². The molecule has 22 heavy (non-hydrogen) atoms. The molecular weight excluding hydrogens is 289 g/mol. The van der Waals surface area contributed by atoms with Crippen molar-refractivity contribution in [1.29, 1.82) is 0 Å². The highest BCUT2D eigenvalue weighted by molar-refractivity contribution is 5.56. The molecule has 0 radical (unpaired) electrons. The normalized spacial score (nSPS) is 11.6. The van der Waals surface area contributed by atoms with Crippen LogP contribution >= 0.6 is 0 Å². The number of aromatic nitrogens is 2. The zero-order valence-corrected chi connectivity index (χ0v) is 11.6. The molecule has 0 unspecified atom stereocenters. The van der Waals surface area contributed by atoms with Gasteiger partial charge in [0.2, 0.25) is 0 Å². The van der Waals surface area contributed by atoms with Crippen molar-refractivity contribution in [3.8, 4) is 11.4 Å². The van der Waals surface area contributed by atoms with Gasteiger partial charge in [-0.15, -0.1) is 0 Å². The van der Waals surface area contributed by atoms with Gasteiger partial charge in [-0.1, -0.05) is 60.7 Å². The van der Waals surface area contributed by atoms with E-state index in [-0.39, 0.29) is 0 Å². The summed E-state index contributed by atoms with van der Waals surface area (Å²) in [6.07, 6.45) is -3.39. The van der Waals surface area contributed by atoms with Crippen molar-refractivity contribution in [3.05, 3.63) is 78.1 Å². The monoisotopic (exact) mass is 302 g/mol. The van der Waals surface area contributed by atoms with Gasteiger partial charge in [0.05, 0.1) is 0 Å². The molecule has 0 saturated heterocycles. The molecule has 0 aliphatic carbocycles. The Morgan fingerprint density at radius 2 is 1.45 bits per heavy atom. The number of rotatable bonds is 3. The molecule has 1 heterocycles. The van der Waals surface area contributed by atoms with Crippen LogP contribution in [0.5, 0.6) is 0 Å². The van der Waals surface area contributed by atoms with Gasteiger partial charge in [0.25, 0.3) is 0 Å². The smallest absolute Gasteiger partial charge is 0.326 e. The van der Waals surface area contributed by atoms with Crippen LogP contribution in [0, 0.1) is 0 Å². The number of imidazole rings is 1. The summed E-state index contributed by atoms with van der Waals surface area (Å²) in [7, 11) is 0. The second-order valence-corrected chi connectivity index (χ2v) is 4.93. The van der Waals surface area contributed by atoms with Gasteiger partial charge in [-0.2, -0.15) is 13.2 Å². The van der Waals surface area contributed by atoms with E-state index in [4.69, 9.17) is 0 Å². The van der Waals surface area contributed by atoms with Crippen molar-refractivity contribution in [2.75, 3.05) is 0 Å². The lowest BCUT2D eigenvalue weighted by Crippen LogP contribution is -2.05. The molecule has 1 aromatic heterocycles. The quantitative estimate of drug-likeness (QED) is 0.690. The summed E-state index contributed by atoms with van der Waals surface area (Å²) in [5.41, 5.74) is 0.710. The summed E-state index contributed by atoms with van der Waals surface area (Å²) >= 11 is 0. The van der Waals surface area contributed by atoms with Crippen molar-refractivity contribution in [2.45, 2.75) is 12.7 Å². The first kappa shape index (κ1) is 14.4. The molecule has 3 rings (SSSR count). The molecule has 2 nitrogen and oxygen atoms in total. The van der Waals surface area contributed by atoms with Crippen LogP contribution in [0.25, 0.3) is 11.4 Å². The van der Waals surface area contributed by atoms with Gasteiger partial charge in [-0.05, 0) is 5.56 Å². The van der Waals surface area contributed by atoms with Gasteiger partial charge in [0.1, 0.15) is 5.82 Å². The van der Waals surface area contributed by atoms with Gasteiger partial charge in [0, 0.05) is 18.3 Å². The van der Waals surface area contributed by atoms with Gasteiger partial charge in [-0.25, -0.2) is 4.98 Å². The lowest BCUT2D eigenvalue weighted by atomic mass is 10.2. The summed E-state index contributed by atoms with van der Waals surface area (Å²) < 4.78 is 40.4. The Balaban J connectivity index is 2.05. The maximum Gasteiger partial charge on any atom is 0.434 e. The van der Waals surface area contributed by atoms with Crippen LogP contribution in [0.2, 0.25) is 0 Å². The maximum atomic E-state index is 13.0. The Labute approximate surface area is 125 Å². The number of hydrogen-bond donors (Lipinski definition) is 0. The van der Waals surface area contributed by atoms with Crippen LogP contribution in [0.15, 0.2) is 66.9 Å². The molecule has 2 aromatic carbocycles. The Bertz CT molecular complexity index is 747. The fraction of sp³-hybridized carbons (Fsp3) is 0.118. The number of nitrogens with zero attached hydrogens (tertiary/aromatic N) is 2. The number of benzene rings is 2. The summed E-state index contributed by atoms with van der Waals surface area (Å²) in [6.45, 7) is 0.341. The topological polar surface area (TPSA) is 17.8 Å². The van der Waals surface area contributed by atoms with Crippen molar-refractivity contribution < 1.29 is 13.2 Å². The first-order valence-corrected chi connectivity index (χ1v) is 6.78. The van der Waals surface area contributed by atoms with E-state index in [1.807, 2.05) is 36.4 Å².